The second-order valence-corrected chi connectivity index (χ2v) is 6.33. The predicted octanol–water partition coefficient (Wildman–Crippen LogP) is 2.06. The first-order valence-corrected chi connectivity index (χ1v) is 8.15. The highest BCUT2D eigenvalue weighted by Gasteiger charge is 2.29. The molecule has 0 atom stereocenters. The van der Waals surface area contributed by atoms with Crippen LogP contribution in [0, 0.1) is 0 Å². The molecule has 0 amide bonds. The quantitative estimate of drug-likeness (QED) is 0.856. The van der Waals surface area contributed by atoms with Crippen molar-refractivity contribution in [3.8, 4) is 0 Å². The maximum Gasteiger partial charge on any atom is 0.178 e. The topological polar surface area (TPSA) is 58.3 Å². The molecule has 6 nitrogen and oxygen atoms in total. The van der Waals surface area contributed by atoms with Gasteiger partial charge in [0.2, 0.25) is 0 Å². The van der Waals surface area contributed by atoms with Crippen molar-refractivity contribution in [3.63, 3.8) is 0 Å². The minimum absolute atomic E-state index is 0.492. The van der Waals surface area contributed by atoms with Crippen molar-refractivity contribution in [3.05, 3.63) is 30.6 Å². The summed E-state index contributed by atoms with van der Waals surface area (Å²) in [5.74, 6) is 2.50. The Hall–Kier alpha value is -1.95. The van der Waals surface area contributed by atoms with Gasteiger partial charge in [-0.2, -0.15) is 4.52 Å². The van der Waals surface area contributed by atoms with Crippen molar-refractivity contribution >= 4 is 11.5 Å². The first kappa shape index (κ1) is 13.7. The van der Waals surface area contributed by atoms with E-state index >= 15 is 0 Å². The summed E-state index contributed by atoms with van der Waals surface area (Å²) < 4.78 is 1.91. The minimum Gasteiger partial charge on any atom is -0.366 e. The SMILES string of the molecule is C=CCN1CCC(Nc2ccc3nnc(C4CC4)n3n2)CC1. The minimum atomic E-state index is 0.492. The van der Waals surface area contributed by atoms with Crippen LogP contribution in [0.15, 0.2) is 24.8 Å². The molecule has 0 unspecified atom stereocenters. The van der Waals surface area contributed by atoms with Gasteiger partial charge in [0.25, 0.3) is 0 Å². The molecule has 1 aliphatic heterocycles. The van der Waals surface area contributed by atoms with Crippen LogP contribution in [0.2, 0.25) is 0 Å². The van der Waals surface area contributed by atoms with Gasteiger partial charge >= 0.3 is 0 Å². The first-order valence-electron chi connectivity index (χ1n) is 8.15. The summed E-state index contributed by atoms with van der Waals surface area (Å²) in [5, 5.41) is 16.8. The number of piperidine rings is 1. The normalized spacial score (nSPS) is 20.4. The number of likely N-dealkylation sites (tertiary alicyclic amines) is 1. The number of rotatable bonds is 5. The van der Waals surface area contributed by atoms with Crippen LogP contribution in [0.4, 0.5) is 5.82 Å². The van der Waals surface area contributed by atoms with E-state index in [2.05, 4.69) is 27.0 Å². The van der Waals surface area contributed by atoms with Crippen molar-refractivity contribution in [1.82, 2.24) is 24.7 Å². The Labute approximate surface area is 130 Å². The Balaban J connectivity index is 1.45. The molecule has 22 heavy (non-hydrogen) atoms. The summed E-state index contributed by atoms with van der Waals surface area (Å²) in [4.78, 5) is 2.44. The summed E-state index contributed by atoms with van der Waals surface area (Å²) >= 11 is 0. The third kappa shape index (κ3) is 2.70. The van der Waals surface area contributed by atoms with E-state index in [0.29, 0.717) is 12.0 Å². The fourth-order valence-corrected chi connectivity index (χ4v) is 3.13. The van der Waals surface area contributed by atoms with E-state index in [1.54, 1.807) is 0 Å². The summed E-state index contributed by atoms with van der Waals surface area (Å²) in [5.41, 5.74) is 0.841. The van der Waals surface area contributed by atoms with Crippen molar-refractivity contribution in [2.75, 3.05) is 25.0 Å². The van der Waals surface area contributed by atoms with Crippen LogP contribution in [0.25, 0.3) is 5.65 Å². The van der Waals surface area contributed by atoms with Gasteiger partial charge in [0.15, 0.2) is 11.5 Å². The summed E-state index contributed by atoms with van der Waals surface area (Å²) in [7, 11) is 0. The van der Waals surface area contributed by atoms with Crippen LogP contribution < -0.4 is 5.32 Å². The Morgan fingerprint density at radius 3 is 2.73 bits per heavy atom. The van der Waals surface area contributed by atoms with Gasteiger partial charge in [-0.1, -0.05) is 6.08 Å². The largest absolute Gasteiger partial charge is 0.366 e. The van der Waals surface area contributed by atoms with E-state index in [1.165, 1.54) is 12.8 Å². The fourth-order valence-electron chi connectivity index (χ4n) is 3.13. The third-order valence-corrected chi connectivity index (χ3v) is 4.56. The molecule has 1 saturated heterocycles. The van der Waals surface area contributed by atoms with Gasteiger partial charge in [-0.3, -0.25) is 4.90 Å². The summed E-state index contributed by atoms with van der Waals surface area (Å²) in [6.45, 7) is 7.03. The number of fused-ring (bicyclic) bond motifs is 1. The Bertz CT molecular complexity index is 666. The van der Waals surface area contributed by atoms with Crippen molar-refractivity contribution in [2.24, 2.45) is 0 Å². The average Bonchev–Trinajstić information content (AvgIpc) is 3.29. The molecule has 6 heteroatoms. The van der Waals surface area contributed by atoms with Gasteiger partial charge in [0.05, 0.1) is 0 Å². The van der Waals surface area contributed by atoms with Crippen LogP contribution in [-0.2, 0) is 0 Å². The Kier molecular flexibility index (Phi) is 3.54. The smallest absolute Gasteiger partial charge is 0.178 e. The standard InChI is InChI=1S/C16H22N6/c1-2-9-21-10-7-13(8-11-21)17-14-5-6-15-18-19-16(12-3-4-12)22(15)20-14/h2,5-6,12-13H,1,3-4,7-11H2,(H,17,20). The molecule has 116 valence electrons. The fraction of sp³-hybridized carbons (Fsp3) is 0.562. The van der Waals surface area contributed by atoms with E-state index < -0.39 is 0 Å². The molecule has 3 heterocycles. The first-order chi connectivity index (χ1) is 10.8. The van der Waals surface area contributed by atoms with Crippen LogP contribution in [0.1, 0.15) is 37.4 Å². The Morgan fingerprint density at radius 2 is 2.00 bits per heavy atom. The van der Waals surface area contributed by atoms with Crippen molar-refractivity contribution < 1.29 is 0 Å². The van der Waals surface area contributed by atoms with Gasteiger partial charge in [-0.05, 0) is 37.8 Å². The molecular weight excluding hydrogens is 276 g/mol. The third-order valence-electron chi connectivity index (χ3n) is 4.56. The number of hydrogen-bond donors (Lipinski definition) is 1. The maximum absolute atomic E-state index is 4.70. The number of aromatic nitrogens is 4. The molecule has 0 radical (unpaired) electrons. The molecule has 2 aromatic heterocycles. The molecule has 2 aromatic rings. The van der Waals surface area contributed by atoms with Gasteiger partial charge in [-0.15, -0.1) is 21.9 Å². The van der Waals surface area contributed by atoms with E-state index in [9.17, 15) is 0 Å². The maximum atomic E-state index is 4.70. The van der Waals surface area contributed by atoms with Crippen molar-refractivity contribution in [2.45, 2.75) is 37.6 Å². The Morgan fingerprint density at radius 1 is 1.18 bits per heavy atom. The lowest BCUT2D eigenvalue weighted by atomic mass is 10.1. The molecule has 4 rings (SSSR count). The zero-order valence-electron chi connectivity index (χ0n) is 12.8. The molecule has 1 N–H and O–H groups in total. The van der Waals surface area contributed by atoms with Gasteiger partial charge in [-0.25, -0.2) is 0 Å². The second-order valence-electron chi connectivity index (χ2n) is 6.33. The van der Waals surface area contributed by atoms with E-state index in [1.807, 2.05) is 22.7 Å². The van der Waals surface area contributed by atoms with E-state index in [0.717, 1.165) is 49.8 Å². The number of nitrogens with one attached hydrogen (secondary N) is 1. The highest BCUT2D eigenvalue weighted by atomic mass is 15.4. The van der Waals surface area contributed by atoms with Crippen LogP contribution in [-0.4, -0.2) is 50.4 Å². The number of hydrogen-bond acceptors (Lipinski definition) is 5. The predicted molar refractivity (Wildman–Crippen MR) is 86.0 cm³/mol. The zero-order chi connectivity index (χ0) is 14.9. The molecule has 0 bridgehead atoms. The van der Waals surface area contributed by atoms with Crippen LogP contribution in [0.3, 0.4) is 0 Å². The van der Waals surface area contributed by atoms with Gasteiger partial charge in [0.1, 0.15) is 5.82 Å². The molecule has 1 saturated carbocycles. The molecular formula is C16H22N6. The van der Waals surface area contributed by atoms with Crippen LogP contribution >= 0.6 is 0 Å². The summed E-state index contributed by atoms with van der Waals surface area (Å²) in [6.07, 6.45) is 6.69. The average molecular weight is 298 g/mol. The van der Waals surface area contributed by atoms with Gasteiger partial charge < -0.3 is 5.32 Å². The molecule has 1 aliphatic carbocycles. The summed E-state index contributed by atoms with van der Waals surface area (Å²) in [6, 6.07) is 4.50. The molecule has 0 spiro atoms. The molecule has 2 aliphatic rings. The molecule has 2 fully saturated rings. The van der Waals surface area contributed by atoms with Gasteiger partial charge in [0, 0.05) is 31.6 Å². The number of nitrogens with zero attached hydrogens (tertiary/aromatic N) is 5. The number of anilines is 1. The highest BCUT2D eigenvalue weighted by molar-refractivity contribution is 5.45. The van der Waals surface area contributed by atoms with Crippen LogP contribution in [0.5, 0.6) is 0 Å². The second kappa shape index (κ2) is 5.68. The van der Waals surface area contributed by atoms with E-state index in [-0.39, 0.29) is 0 Å². The molecule has 0 aromatic carbocycles. The lowest BCUT2D eigenvalue weighted by molar-refractivity contribution is 0.240. The van der Waals surface area contributed by atoms with Crippen molar-refractivity contribution in [1.29, 1.82) is 0 Å². The zero-order valence-corrected chi connectivity index (χ0v) is 12.8. The lowest BCUT2D eigenvalue weighted by Gasteiger charge is -2.31. The van der Waals surface area contributed by atoms with E-state index in [4.69, 9.17) is 5.10 Å². The monoisotopic (exact) mass is 298 g/mol. The lowest BCUT2D eigenvalue weighted by Crippen LogP contribution is -2.39. The highest BCUT2D eigenvalue weighted by Crippen LogP contribution is 2.38.